The number of rotatable bonds is 0. The zero-order chi connectivity index (χ0) is 9.98. The first-order valence-corrected chi connectivity index (χ1v) is 5.10. The van der Waals surface area contributed by atoms with Gasteiger partial charge in [-0.2, -0.15) is 0 Å². The fourth-order valence-electron chi connectivity index (χ4n) is 0.967. The van der Waals surface area contributed by atoms with Crippen molar-refractivity contribution in [3.63, 3.8) is 0 Å². The molecule has 0 radical (unpaired) electrons. The SMILES string of the molecule is CC.CC.CC1CCCC([O-])O1.[K+]. The topological polar surface area (TPSA) is 32.3 Å². The summed E-state index contributed by atoms with van der Waals surface area (Å²) in [6.07, 6.45) is 2.25. The molecule has 1 rings (SSSR count). The summed E-state index contributed by atoms with van der Waals surface area (Å²) in [7, 11) is 0. The van der Waals surface area contributed by atoms with Gasteiger partial charge in [-0.1, -0.05) is 27.7 Å². The van der Waals surface area contributed by atoms with Gasteiger partial charge in [-0.25, -0.2) is 0 Å². The molecule has 2 atom stereocenters. The molecule has 0 aliphatic carbocycles. The normalized spacial score (nSPS) is 25.4. The van der Waals surface area contributed by atoms with Gasteiger partial charge in [0.1, 0.15) is 0 Å². The van der Waals surface area contributed by atoms with Gasteiger partial charge in [-0.05, 0) is 32.5 Å². The molecule has 0 aromatic rings. The van der Waals surface area contributed by atoms with E-state index in [1.807, 2.05) is 34.6 Å². The Bertz CT molecular complexity index is 71.3. The van der Waals surface area contributed by atoms with E-state index in [1.54, 1.807) is 0 Å². The van der Waals surface area contributed by atoms with Gasteiger partial charge in [-0.3, -0.25) is 0 Å². The van der Waals surface area contributed by atoms with Gasteiger partial charge in [0.15, 0.2) is 0 Å². The van der Waals surface area contributed by atoms with Crippen molar-refractivity contribution in [3.05, 3.63) is 0 Å². The van der Waals surface area contributed by atoms with Crippen LogP contribution in [0.25, 0.3) is 0 Å². The monoisotopic (exact) mass is 214 g/mol. The Balaban J connectivity index is -0.000000178. The fourth-order valence-corrected chi connectivity index (χ4v) is 0.967. The van der Waals surface area contributed by atoms with Crippen molar-refractivity contribution in [2.45, 2.75) is 66.3 Å². The Labute approximate surface area is 126 Å². The summed E-state index contributed by atoms with van der Waals surface area (Å²) < 4.78 is 4.93. The molecule has 1 heterocycles. The van der Waals surface area contributed by atoms with Gasteiger partial charge >= 0.3 is 51.4 Å². The quantitative estimate of drug-likeness (QED) is 0.501. The molecule has 2 nitrogen and oxygen atoms in total. The van der Waals surface area contributed by atoms with Crippen LogP contribution in [-0.4, -0.2) is 12.4 Å². The molecule has 0 aromatic carbocycles. The summed E-state index contributed by atoms with van der Waals surface area (Å²) in [5.41, 5.74) is 0. The Morgan fingerprint density at radius 3 is 1.77 bits per heavy atom. The summed E-state index contributed by atoms with van der Waals surface area (Å²) in [6, 6.07) is 0. The summed E-state index contributed by atoms with van der Waals surface area (Å²) in [5, 5.41) is 10.5. The van der Waals surface area contributed by atoms with Gasteiger partial charge in [0.2, 0.25) is 0 Å². The number of hydrogen-bond donors (Lipinski definition) is 0. The number of ether oxygens (including phenoxy) is 1. The van der Waals surface area contributed by atoms with Crippen LogP contribution in [0.4, 0.5) is 0 Å². The predicted octanol–water partition coefficient (Wildman–Crippen LogP) is -0.682. The van der Waals surface area contributed by atoms with Crippen molar-refractivity contribution in [3.8, 4) is 0 Å². The average molecular weight is 214 g/mol. The maximum absolute atomic E-state index is 10.5. The predicted molar refractivity (Wildman–Crippen MR) is 50.9 cm³/mol. The van der Waals surface area contributed by atoms with Gasteiger partial charge in [0.25, 0.3) is 0 Å². The molecule has 0 amide bonds. The second-order valence-electron chi connectivity index (χ2n) is 2.31. The van der Waals surface area contributed by atoms with E-state index in [4.69, 9.17) is 4.74 Å². The zero-order valence-electron chi connectivity index (χ0n) is 10.1. The molecule has 0 spiro atoms. The third-order valence-electron chi connectivity index (χ3n) is 1.43. The van der Waals surface area contributed by atoms with Crippen LogP contribution in [0.3, 0.4) is 0 Å². The van der Waals surface area contributed by atoms with Crippen LogP contribution in [0, 0.1) is 0 Å². The average Bonchev–Trinajstić information content (AvgIpc) is 2.11. The minimum absolute atomic E-state index is 0. The van der Waals surface area contributed by atoms with Gasteiger partial charge in [0.05, 0.1) is 6.10 Å². The molecule has 76 valence electrons. The van der Waals surface area contributed by atoms with E-state index in [0.717, 1.165) is 12.8 Å². The van der Waals surface area contributed by atoms with Crippen molar-refractivity contribution in [2.75, 3.05) is 0 Å². The van der Waals surface area contributed by atoms with Gasteiger partial charge < -0.3 is 9.84 Å². The van der Waals surface area contributed by atoms with Crippen LogP contribution in [-0.2, 0) is 4.74 Å². The molecular weight excluding hydrogens is 191 g/mol. The molecule has 2 unspecified atom stereocenters. The fraction of sp³-hybridized carbons (Fsp3) is 1.00. The minimum atomic E-state index is -0.737. The van der Waals surface area contributed by atoms with Crippen LogP contribution < -0.4 is 56.5 Å². The van der Waals surface area contributed by atoms with E-state index in [2.05, 4.69) is 0 Å². The summed E-state index contributed by atoms with van der Waals surface area (Å²) in [5.74, 6) is 0. The Morgan fingerprint density at radius 2 is 1.54 bits per heavy atom. The second-order valence-corrected chi connectivity index (χ2v) is 2.31. The summed E-state index contributed by atoms with van der Waals surface area (Å²) >= 11 is 0. The van der Waals surface area contributed by atoms with Crippen molar-refractivity contribution >= 4 is 0 Å². The first-order valence-electron chi connectivity index (χ1n) is 5.10. The third kappa shape index (κ3) is 13.6. The van der Waals surface area contributed by atoms with Crippen molar-refractivity contribution in [1.29, 1.82) is 0 Å². The molecule has 0 bridgehead atoms. The van der Waals surface area contributed by atoms with E-state index >= 15 is 0 Å². The Morgan fingerprint density at radius 1 is 1.08 bits per heavy atom. The molecule has 0 N–H and O–H groups in total. The standard InChI is InChI=1S/C6H11O2.2C2H6.K/c1-5-3-2-4-6(7)8-5;2*1-2;/h5-6H,2-4H2,1H3;2*1-2H3;/q-1;;;+1. The molecule has 0 saturated carbocycles. The largest absolute Gasteiger partial charge is 1.00 e. The van der Waals surface area contributed by atoms with Crippen LogP contribution in [0.1, 0.15) is 53.9 Å². The van der Waals surface area contributed by atoms with Crippen molar-refractivity contribution in [1.82, 2.24) is 0 Å². The number of hydrogen-bond acceptors (Lipinski definition) is 2. The van der Waals surface area contributed by atoms with Crippen molar-refractivity contribution in [2.24, 2.45) is 0 Å². The molecule has 0 aromatic heterocycles. The maximum atomic E-state index is 10.5. The Hall–Kier alpha value is 1.56. The van der Waals surface area contributed by atoms with E-state index < -0.39 is 6.29 Å². The second kappa shape index (κ2) is 16.0. The molecule has 1 saturated heterocycles. The molecule has 1 fully saturated rings. The smallest absolute Gasteiger partial charge is 0.831 e. The first-order chi connectivity index (χ1) is 5.79. The zero-order valence-corrected chi connectivity index (χ0v) is 13.2. The third-order valence-corrected chi connectivity index (χ3v) is 1.43. The minimum Gasteiger partial charge on any atom is -0.831 e. The van der Waals surface area contributed by atoms with Crippen LogP contribution in [0.5, 0.6) is 0 Å². The van der Waals surface area contributed by atoms with Crippen LogP contribution >= 0.6 is 0 Å². The van der Waals surface area contributed by atoms with E-state index in [9.17, 15) is 5.11 Å². The first kappa shape index (κ1) is 20.0. The van der Waals surface area contributed by atoms with E-state index in [1.165, 1.54) is 0 Å². The van der Waals surface area contributed by atoms with Crippen molar-refractivity contribution < 1.29 is 61.2 Å². The molecule has 3 heteroatoms. The maximum Gasteiger partial charge on any atom is 1.00 e. The van der Waals surface area contributed by atoms with Crippen LogP contribution in [0.2, 0.25) is 0 Å². The molecule has 1 aliphatic heterocycles. The summed E-state index contributed by atoms with van der Waals surface area (Å²) in [6.45, 7) is 9.95. The molecule has 1 aliphatic rings. The molecule has 13 heavy (non-hydrogen) atoms. The van der Waals surface area contributed by atoms with E-state index in [0.29, 0.717) is 6.42 Å². The van der Waals surface area contributed by atoms with Gasteiger partial charge in [-0.15, -0.1) is 0 Å². The Kier molecular flexibility index (Phi) is 24.7. The van der Waals surface area contributed by atoms with Gasteiger partial charge in [0, 0.05) is 0 Å². The van der Waals surface area contributed by atoms with Crippen LogP contribution in [0.15, 0.2) is 0 Å². The van der Waals surface area contributed by atoms with E-state index in [-0.39, 0.29) is 57.5 Å². The summed E-state index contributed by atoms with van der Waals surface area (Å²) in [4.78, 5) is 0. The molecular formula is C10H23KO2.